The number of methoxy groups -OCH3 is 3. The quantitative estimate of drug-likeness (QED) is 0.678. The summed E-state index contributed by atoms with van der Waals surface area (Å²) in [5.41, 5.74) is 2.04. The van der Waals surface area contributed by atoms with Gasteiger partial charge in [0.1, 0.15) is 16.5 Å². The molecule has 1 N–H and O–H groups in total. The summed E-state index contributed by atoms with van der Waals surface area (Å²) in [7, 11) is 4.42. The number of nitrogens with one attached hydrogen (secondary N) is 1. The standard InChI is InChI=1S/C23H29NO5S/c1-23(2,3)13-7-9-16-18(11-13)30-21(19(16)22(26)29-6)24-20(25)15-10-8-14(27-4)12-17(15)28-5/h8,10,12-13H,7,9,11H2,1-6H3,(H,24,25)/t13-/m1/s1. The minimum absolute atomic E-state index is 0.187. The fourth-order valence-corrected chi connectivity index (χ4v) is 5.20. The second kappa shape index (κ2) is 8.68. The minimum Gasteiger partial charge on any atom is -0.497 e. The summed E-state index contributed by atoms with van der Waals surface area (Å²) in [6.07, 6.45) is 2.71. The Morgan fingerprint density at radius 1 is 1.13 bits per heavy atom. The van der Waals surface area contributed by atoms with Crippen molar-refractivity contribution in [2.24, 2.45) is 11.3 Å². The van der Waals surface area contributed by atoms with Crippen molar-refractivity contribution < 1.29 is 23.8 Å². The molecule has 1 atom stereocenters. The Morgan fingerprint density at radius 3 is 2.47 bits per heavy atom. The Bertz CT molecular complexity index is 957. The molecule has 0 unspecified atom stereocenters. The van der Waals surface area contributed by atoms with Gasteiger partial charge in [-0.2, -0.15) is 0 Å². The lowest BCUT2D eigenvalue weighted by atomic mass is 9.72. The van der Waals surface area contributed by atoms with E-state index in [0.717, 1.165) is 29.7 Å². The second-order valence-electron chi connectivity index (χ2n) is 8.53. The number of esters is 1. The zero-order valence-electron chi connectivity index (χ0n) is 18.4. The van der Waals surface area contributed by atoms with Gasteiger partial charge < -0.3 is 19.5 Å². The SMILES string of the molecule is COC(=O)c1c(NC(=O)c2ccc(OC)cc2OC)sc2c1CC[C@@H](C(C)(C)C)C2. The van der Waals surface area contributed by atoms with E-state index in [1.807, 2.05) is 0 Å². The molecule has 0 radical (unpaired) electrons. The number of ether oxygens (including phenoxy) is 3. The molecule has 0 aliphatic heterocycles. The lowest BCUT2D eigenvalue weighted by Gasteiger charge is -2.33. The largest absolute Gasteiger partial charge is 0.497 e. The first kappa shape index (κ1) is 22.2. The van der Waals surface area contributed by atoms with E-state index < -0.39 is 5.97 Å². The maximum absolute atomic E-state index is 13.0. The van der Waals surface area contributed by atoms with Crippen LogP contribution < -0.4 is 14.8 Å². The third-order valence-corrected chi connectivity index (χ3v) is 6.93. The molecular weight excluding hydrogens is 402 g/mol. The summed E-state index contributed by atoms with van der Waals surface area (Å²) in [6.45, 7) is 6.74. The fraction of sp³-hybridized carbons (Fsp3) is 0.478. The molecule has 1 aliphatic carbocycles. The van der Waals surface area contributed by atoms with E-state index in [1.54, 1.807) is 25.3 Å². The Kier molecular flexibility index (Phi) is 6.41. The van der Waals surface area contributed by atoms with Crippen LogP contribution in [0.15, 0.2) is 18.2 Å². The number of amides is 1. The average molecular weight is 432 g/mol. The Hall–Kier alpha value is -2.54. The lowest BCUT2D eigenvalue weighted by molar-refractivity contribution is 0.0600. The van der Waals surface area contributed by atoms with Gasteiger partial charge in [-0.1, -0.05) is 20.8 Å². The summed E-state index contributed by atoms with van der Waals surface area (Å²) in [6, 6.07) is 5.00. The number of rotatable bonds is 5. The number of thiophene rings is 1. The molecule has 1 heterocycles. The summed E-state index contributed by atoms with van der Waals surface area (Å²) in [4.78, 5) is 26.7. The molecule has 1 aromatic heterocycles. The first-order valence-corrected chi connectivity index (χ1v) is 10.8. The highest BCUT2D eigenvalue weighted by atomic mass is 32.1. The third-order valence-electron chi connectivity index (χ3n) is 5.76. The van der Waals surface area contributed by atoms with Crippen molar-refractivity contribution in [2.75, 3.05) is 26.6 Å². The first-order valence-electron chi connectivity index (χ1n) is 9.95. The Labute approximate surface area is 181 Å². The predicted molar refractivity (Wildman–Crippen MR) is 118 cm³/mol. The minimum atomic E-state index is -0.418. The van der Waals surface area contributed by atoms with E-state index in [2.05, 4.69) is 26.1 Å². The van der Waals surface area contributed by atoms with Crippen molar-refractivity contribution in [3.63, 3.8) is 0 Å². The van der Waals surface area contributed by atoms with E-state index in [-0.39, 0.29) is 11.3 Å². The van der Waals surface area contributed by atoms with Crippen molar-refractivity contribution in [1.82, 2.24) is 0 Å². The molecule has 7 heteroatoms. The van der Waals surface area contributed by atoms with Crippen LogP contribution in [0.3, 0.4) is 0 Å². The highest BCUT2D eigenvalue weighted by Gasteiger charge is 2.34. The van der Waals surface area contributed by atoms with Gasteiger partial charge in [0.05, 0.1) is 32.5 Å². The first-order chi connectivity index (χ1) is 14.2. The van der Waals surface area contributed by atoms with E-state index in [9.17, 15) is 9.59 Å². The maximum Gasteiger partial charge on any atom is 0.341 e. The van der Waals surface area contributed by atoms with Crippen LogP contribution in [-0.2, 0) is 17.6 Å². The number of hydrogen-bond donors (Lipinski definition) is 1. The molecular formula is C23H29NO5S. The summed E-state index contributed by atoms with van der Waals surface area (Å²) >= 11 is 1.47. The lowest BCUT2D eigenvalue weighted by Crippen LogP contribution is -2.26. The molecule has 0 bridgehead atoms. The van der Waals surface area contributed by atoms with Gasteiger partial charge >= 0.3 is 5.97 Å². The van der Waals surface area contributed by atoms with Crippen LogP contribution in [0.4, 0.5) is 5.00 Å². The molecule has 3 rings (SSSR count). The topological polar surface area (TPSA) is 73.9 Å². The van der Waals surface area contributed by atoms with Gasteiger partial charge in [-0.15, -0.1) is 11.3 Å². The Morgan fingerprint density at radius 2 is 1.87 bits per heavy atom. The van der Waals surface area contributed by atoms with Crippen LogP contribution >= 0.6 is 11.3 Å². The normalized spacial score (nSPS) is 15.9. The molecule has 2 aromatic rings. The molecule has 1 aliphatic rings. The van der Waals surface area contributed by atoms with Crippen LogP contribution in [0.25, 0.3) is 0 Å². The summed E-state index contributed by atoms with van der Waals surface area (Å²) in [5.74, 6) is 0.766. The number of anilines is 1. The Balaban J connectivity index is 1.96. The van der Waals surface area contributed by atoms with E-state index in [4.69, 9.17) is 14.2 Å². The van der Waals surface area contributed by atoms with Crippen molar-refractivity contribution in [3.8, 4) is 11.5 Å². The highest BCUT2D eigenvalue weighted by molar-refractivity contribution is 7.17. The molecule has 30 heavy (non-hydrogen) atoms. The van der Waals surface area contributed by atoms with Crippen molar-refractivity contribution in [2.45, 2.75) is 40.0 Å². The molecule has 1 aromatic carbocycles. The predicted octanol–water partition coefficient (Wildman–Crippen LogP) is 4.96. The van der Waals surface area contributed by atoms with E-state index >= 15 is 0 Å². The van der Waals surface area contributed by atoms with Gasteiger partial charge in [-0.3, -0.25) is 4.79 Å². The number of benzene rings is 1. The summed E-state index contributed by atoms with van der Waals surface area (Å²) < 4.78 is 15.6. The molecule has 162 valence electrons. The molecule has 0 saturated heterocycles. The highest BCUT2D eigenvalue weighted by Crippen LogP contribution is 2.44. The van der Waals surface area contributed by atoms with Crippen molar-refractivity contribution in [3.05, 3.63) is 39.8 Å². The van der Waals surface area contributed by atoms with Gasteiger partial charge in [-0.05, 0) is 48.3 Å². The van der Waals surface area contributed by atoms with Crippen molar-refractivity contribution >= 4 is 28.2 Å². The van der Waals surface area contributed by atoms with Gasteiger partial charge in [0, 0.05) is 10.9 Å². The third kappa shape index (κ3) is 4.31. The monoisotopic (exact) mass is 431 g/mol. The zero-order valence-corrected chi connectivity index (χ0v) is 19.2. The van der Waals surface area contributed by atoms with Crippen LogP contribution in [-0.4, -0.2) is 33.2 Å². The van der Waals surface area contributed by atoms with Crippen molar-refractivity contribution in [1.29, 1.82) is 0 Å². The number of carbonyl (C=O) groups excluding carboxylic acids is 2. The van der Waals surface area contributed by atoms with Gasteiger partial charge in [0.25, 0.3) is 5.91 Å². The van der Waals surface area contributed by atoms with E-state index in [1.165, 1.54) is 25.6 Å². The molecule has 1 amide bonds. The van der Waals surface area contributed by atoms with Crippen LogP contribution in [0.5, 0.6) is 11.5 Å². The number of carbonyl (C=O) groups is 2. The van der Waals surface area contributed by atoms with Crippen LogP contribution in [0, 0.1) is 11.3 Å². The molecule has 0 fully saturated rings. The van der Waals surface area contributed by atoms with E-state index in [0.29, 0.717) is 33.5 Å². The average Bonchev–Trinajstić information content (AvgIpc) is 3.08. The van der Waals surface area contributed by atoms with Crippen LogP contribution in [0.2, 0.25) is 0 Å². The number of hydrogen-bond acceptors (Lipinski definition) is 6. The maximum atomic E-state index is 13.0. The van der Waals surface area contributed by atoms with Crippen LogP contribution in [0.1, 0.15) is 58.3 Å². The van der Waals surface area contributed by atoms with Gasteiger partial charge in [0.2, 0.25) is 0 Å². The van der Waals surface area contributed by atoms with Gasteiger partial charge in [0.15, 0.2) is 0 Å². The smallest absolute Gasteiger partial charge is 0.341 e. The molecule has 6 nitrogen and oxygen atoms in total. The number of fused-ring (bicyclic) bond motifs is 1. The van der Waals surface area contributed by atoms with Gasteiger partial charge in [-0.25, -0.2) is 4.79 Å². The molecule has 0 saturated carbocycles. The summed E-state index contributed by atoms with van der Waals surface area (Å²) in [5, 5.41) is 3.45. The second-order valence-corrected chi connectivity index (χ2v) is 9.63. The fourth-order valence-electron chi connectivity index (χ4n) is 3.89. The molecule has 0 spiro atoms. The zero-order chi connectivity index (χ0) is 22.1.